The van der Waals surface area contributed by atoms with Crippen molar-refractivity contribution in [3.8, 4) is 11.5 Å². The number of carbonyl (C=O) groups is 1. The van der Waals surface area contributed by atoms with Crippen LogP contribution in [-0.2, 0) is 4.74 Å². The molecule has 0 spiro atoms. The van der Waals surface area contributed by atoms with Crippen LogP contribution in [0.15, 0.2) is 17.1 Å². The van der Waals surface area contributed by atoms with Gasteiger partial charge in [0.05, 0.1) is 38.4 Å². The van der Waals surface area contributed by atoms with E-state index >= 15 is 0 Å². The van der Waals surface area contributed by atoms with Crippen molar-refractivity contribution in [2.45, 2.75) is 6.92 Å². The summed E-state index contributed by atoms with van der Waals surface area (Å²) < 4.78 is 15.4. The first kappa shape index (κ1) is 15.8. The fraction of sp³-hybridized carbons (Fsp3) is 0.429. The van der Waals surface area contributed by atoms with Gasteiger partial charge in [0, 0.05) is 26.2 Å². The standard InChI is InChI=1S/C14H20N2O4/c1-6-20-14(17)10-7-12(18-4)13(19-5)8-11(10)15-9-16(2)3/h7-9H,6H2,1-5H3. The van der Waals surface area contributed by atoms with Gasteiger partial charge in [0.15, 0.2) is 11.5 Å². The van der Waals surface area contributed by atoms with Gasteiger partial charge in [0.25, 0.3) is 0 Å². The summed E-state index contributed by atoms with van der Waals surface area (Å²) >= 11 is 0. The van der Waals surface area contributed by atoms with Gasteiger partial charge in [-0.15, -0.1) is 0 Å². The van der Waals surface area contributed by atoms with Crippen LogP contribution in [0.5, 0.6) is 11.5 Å². The molecule has 0 atom stereocenters. The number of rotatable bonds is 6. The minimum atomic E-state index is -0.445. The largest absolute Gasteiger partial charge is 0.493 e. The molecule has 0 unspecified atom stereocenters. The molecule has 0 saturated carbocycles. The number of hydrogen-bond donors (Lipinski definition) is 0. The number of ether oxygens (including phenoxy) is 3. The molecule has 0 radical (unpaired) electrons. The Bertz CT molecular complexity index is 498. The third-order valence-electron chi connectivity index (χ3n) is 2.42. The second kappa shape index (κ2) is 7.37. The van der Waals surface area contributed by atoms with Gasteiger partial charge >= 0.3 is 5.97 Å². The van der Waals surface area contributed by atoms with Crippen LogP contribution in [-0.4, -0.2) is 52.1 Å². The molecule has 20 heavy (non-hydrogen) atoms. The van der Waals surface area contributed by atoms with Crippen molar-refractivity contribution < 1.29 is 19.0 Å². The van der Waals surface area contributed by atoms with E-state index in [2.05, 4.69) is 4.99 Å². The summed E-state index contributed by atoms with van der Waals surface area (Å²) in [6.07, 6.45) is 1.60. The quantitative estimate of drug-likeness (QED) is 0.454. The highest BCUT2D eigenvalue weighted by molar-refractivity contribution is 5.96. The van der Waals surface area contributed by atoms with Gasteiger partial charge in [-0.1, -0.05) is 0 Å². The number of aliphatic imine (C=N–C) groups is 1. The molecule has 0 bridgehead atoms. The molecule has 1 aromatic carbocycles. The zero-order valence-corrected chi connectivity index (χ0v) is 12.5. The Morgan fingerprint density at radius 2 is 1.85 bits per heavy atom. The first-order valence-electron chi connectivity index (χ1n) is 6.17. The Hall–Kier alpha value is -2.24. The number of carbonyl (C=O) groups excluding carboxylic acids is 1. The van der Waals surface area contributed by atoms with Crippen molar-refractivity contribution in [3.63, 3.8) is 0 Å². The van der Waals surface area contributed by atoms with Crippen LogP contribution in [0.2, 0.25) is 0 Å². The summed E-state index contributed by atoms with van der Waals surface area (Å²) in [5.41, 5.74) is 0.803. The molecule has 0 saturated heterocycles. The van der Waals surface area contributed by atoms with Gasteiger partial charge < -0.3 is 19.1 Å². The highest BCUT2D eigenvalue weighted by atomic mass is 16.5. The molecule has 0 aliphatic carbocycles. The topological polar surface area (TPSA) is 60.4 Å². The Balaban J connectivity index is 3.32. The molecule has 0 fully saturated rings. The normalized spacial score (nSPS) is 10.4. The van der Waals surface area contributed by atoms with E-state index < -0.39 is 5.97 Å². The zero-order valence-electron chi connectivity index (χ0n) is 12.5. The van der Waals surface area contributed by atoms with E-state index in [1.54, 1.807) is 30.3 Å². The lowest BCUT2D eigenvalue weighted by molar-refractivity contribution is 0.0527. The van der Waals surface area contributed by atoms with Crippen LogP contribution in [0, 0.1) is 0 Å². The van der Waals surface area contributed by atoms with E-state index in [1.807, 2.05) is 14.1 Å². The van der Waals surface area contributed by atoms with Gasteiger partial charge in [-0.2, -0.15) is 0 Å². The first-order valence-corrected chi connectivity index (χ1v) is 6.17. The third-order valence-corrected chi connectivity index (χ3v) is 2.42. The number of esters is 1. The number of methoxy groups -OCH3 is 2. The van der Waals surface area contributed by atoms with Crippen LogP contribution < -0.4 is 9.47 Å². The fourth-order valence-electron chi connectivity index (χ4n) is 1.53. The first-order chi connectivity index (χ1) is 9.53. The number of hydrogen-bond acceptors (Lipinski definition) is 5. The highest BCUT2D eigenvalue weighted by Gasteiger charge is 2.17. The predicted octanol–water partition coefficient (Wildman–Crippen LogP) is 2.10. The summed E-state index contributed by atoms with van der Waals surface area (Å²) in [6.45, 7) is 2.05. The van der Waals surface area contributed by atoms with Crippen molar-refractivity contribution in [2.75, 3.05) is 34.9 Å². The molecule has 0 aliphatic rings. The van der Waals surface area contributed by atoms with E-state index in [9.17, 15) is 4.79 Å². The van der Waals surface area contributed by atoms with Crippen molar-refractivity contribution in [3.05, 3.63) is 17.7 Å². The van der Waals surface area contributed by atoms with E-state index in [4.69, 9.17) is 14.2 Å². The average molecular weight is 280 g/mol. The molecule has 1 rings (SSSR count). The lowest BCUT2D eigenvalue weighted by Gasteiger charge is -2.12. The lowest BCUT2D eigenvalue weighted by Crippen LogP contribution is -2.09. The van der Waals surface area contributed by atoms with Gasteiger partial charge in [0.2, 0.25) is 0 Å². The maximum Gasteiger partial charge on any atom is 0.340 e. The van der Waals surface area contributed by atoms with Gasteiger partial charge in [-0.3, -0.25) is 0 Å². The zero-order chi connectivity index (χ0) is 15.1. The molecule has 6 nitrogen and oxygen atoms in total. The van der Waals surface area contributed by atoms with Crippen molar-refractivity contribution >= 4 is 18.0 Å². The number of benzene rings is 1. The Labute approximate surface area is 119 Å². The van der Waals surface area contributed by atoms with Crippen LogP contribution in [0.3, 0.4) is 0 Å². The fourth-order valence-corrected chi connectivity index (χ4v) is 1.53. The Kier molecular flexibility index (Phi) is 5.83. The van der Waals surface area contributed by atoms with Gasteiger partial charge in [-0.05, 0) is 6.92 Å². The van der Waals surface area contributed by atoms with Crippen molar-refractivity contribution in [1.82, 2.24) is 4.90 Å². The van der Waals surface area contributed by atoms with E-state index in [-0.39, 0.29) is 0 Å². The summed E-state index contributed by atoms with van der Waals surface area (Å²) in [4.78, 5) is 18.0. The Morgan fingerprint density at radius 1 is 1.25 bits per heavy atom. The van der Waals surface area contributed by atoms with Crippen LogP contribution >= 0.6 is 0 Å². The molecule has 1 aromatic rings. The second-order valence-electron chi connectivity index (χ2n) is 4.15. The summed E-state index contributed by atoms with van der Waals surface area (Å²) in [5.74, 6) is 0.519. The Morgan fingerprint density at radius 3 is 2.35 bits per heavy atom. The minimum absolute atomic E-state index is 0.296. The van der Waals surface area contributed by atoms with Crippen molar-refractivity contribution in [2.24, 2.45) is 4.99 Å². The average Bonchev–Trinajstić information content (AvgIpc) is 2.44. The summed E-state index contributed by atoms with van der Waals surface area (Å²) in [5, 5.41) is 0. The molecular formula is C14H20N2O4. The SMILES string of the molecule is CCOC(=O)c1cc(OC)c(OC)cc1N=CN(C)C. The second-order valence-corrected chi connectivity index (χ2v) is 4.15. The third kappa shape index (κ3) is 3.88. The maximum atomic E-state index is 12.0. The van der Waals surface area contributed by atoms with Crippen LogP contribution in [0.25, 0.3) is 0 Å². The van der Waals surface area contributed by atoms with E-state index in [0.29, 0.717) is 29.4 Å². The molecule has 6 heteroatoms. The smallest absolute Gasteiger partial charge is 0.340 e. The molecule has 110 valence electrons. The van der Waals surface area contributed by atoms with E-state index in [1.165, 1.54) is 14.2 Å². The maximum absolute atomic E-state index is 12.0. The van der Waals surface area contributed by atoms with Crippen molar-refractivity contribution in [1.29, 1.82) is 0 Å². The lowest BCUT2D eigenvalue weighted by atomic mass is 10.1. The highest BCUT2D eigenvalue weighted by Crippen LogP contribution is 2.35. The predicted molar refractivity (Wildman–Crippen MR) is 77.3 cm³/mol. The molecule has 0 aliphatic heterocycles. The van der Waals surface area contributed by atoms with Crippen LogP contribution in [0.1, 0.15) is 17.3 Å². The molecule has 0 N–H and O–H groups in total. The summed E-state index contributed by atoms with van der Waals surface area (Å²) in [6, 6.07) is 3.21. The minimum Gasteiger partial charge on any atom is -0.493 e. The monoisotopic (exact) mass is 280 g/mol. The summed E-state index contributed by atoms with van der Waals surface area (Å²) in [7, 11) is 6.72. The molecular weight excluding hydrogens is 260 g/mol. The van der Waals surface area contributed by atoms with Crippen LogP contribution in [0.4, 0.5) is 5.69 Å². The molecule has 0 heterocycles. The number of nitrogens with zero attached hydrogens (tertiary/aromatic N) is 2. The van der Waals surface area contributed by atoms with E-state index in [0.717, 1.165) is 0 Å². The van der Waals surface area contributed by atoms with Gasteiger partial charge in [-0.25, -0.2) is 9.79 Å². The molecule has 0 amide bonds. The molecule has 0 aromatic heterocycles. The van der Waals surface area contributed by atoms with Gasteiger partial charge in [0.1, 0.15) is 0 Å².